The highest BCUT2D eigenvalue weighted by atomic mass is 16.5. The zero-order valence-electron chi connectivity index (χ0n) is 13.8. The number of carbonyl (C=O) groups is 1. The first kappa shape index (κ1) is 16.5. The predicted octanol–water partition coefficient (Wildman–Crippen LogP) is 1.75. The number of hydrogen-bond donors (Lipinski definition) is 1. The smallest absolute Gasteiger partial charge is 0.257 e. The zero-order chi connectivity index (χ0) is 17.1. The second kappa shape index (κ2) is 7.07. The molecule has 1 amide bonds. The van der Waals surface area contributed by atoms with E-state index in [2.05, 4.69) is 9.97 Å². The molecule has 126 valence electrons. The van der Waals surface area contributed by atoms with Crippen LogP contribution in [0.2, 0.25) is 0 Å². The summed E-state index contributed by atoms with van der Waals surface area (Å²) >= 11 is 0. The molecule has 3 rings (SSSR count). The summed E-state index contributed by atoms with van der Waals surface area (Å²) in [5.74, 6) is 0.387. The first-order valence-electron chi connectivity index (χ1n) is 8.05. The van der Waals surface area contributed by atoms with Gasteiger partial charge in [-0.25, -0.2) is 9.97 Å². The van der Waals surface area contributed by atoms with E-state index in [1.54, 1.807) is 4.90 Å². The summed E-state index contributed by atoms with van der Waals surface area (Å²) in [5, 5.41) is 10.0. The number of ether oxygens (including phenoxy) is 1. The molecule has 0 radical (unpaired) electrons. The highest BCUT2D eigenvalue weighted by Gasteiger charge is 2.35. The molecule has 6 heteroatoms. The van der Waals surface area contributed by atoms with Crippen LogP contribution in [0, 0.1) is 0 Å². The summed E-state index contributed by atoms with van der Waals surface area (Å²) in [7, 11) is 0. The molecule has 6 nitrogen and oxygen atoms in total. The molecule has 1 aliphatic heterocycles. The van der Waals surface area contributed by atoms with Crippen molar-refractivity contribution in [3.8, 4) is 11.4 Å². The van der Waals surface area contributed by atoms with Gasteiger partial charge in [-0.05, 0) is 13.8 Å². The molecular formula is C18H21N3O3. The molecular weight excluding hydrogens is 306 g/mol. The molecule has 0 unspecified atom stereocenters. The van der Waals surface area contributed by atoms with Crippen LogP contribution in [0.1, 0.15) is 24.2 Å². The highest BCUT2D eigenvalue weighted by molar-refractivity contribution is 5.94. The summed E-state index contributed by atoms with van der Waals surface area (Å²) in [6, 6.07) is 9.59. The number of rotatable bonds is 4. The maximum atomic E-state index is 12.6. The lowest BCUT2D eigenvalue weighted by Crippen LogP contribution is -2.31. The Morgan fingerprint density at radius 3 is 2.50 bits per heavy atom. The average molecular weight is 327 g/mol. The molecule has 0 aliphatic carbocycles. The van der Waals surface area contributed by atoms with Gasteiger partial charge in [0, 0.05) is 31.0 Å². The van der Waals surface area contributed by atoms with Crippen LogP contribution in [0.3, 0.4) is 0 Å². The van der Waals surface area contributed by atoms with Crippen LogP contribution in [0.25, 0.3) is 11.4 Å². The summed E-state index contributed by atoms with van der Waals surface area (Å²) in [6.45, 7) is 4.45. The van der Waals surface area contributed by atoms with Crippen LogP contribution in [-0.2, 0) is 4.74 Å². The molecule has 1 aromatic heterocycles. The monoisotopic (exact) mass is 327 g/mol. The van der Waals surface area contributed by atoms with Crippen molar-refractivity contribution >= 4 is 5.91 Å². The van der Waals surface area contributed by atoms with Crippen LogP contribution in [0.4, 0.5) is 0 Å². The normalized spacial score (nSPS) is 20.6. The van der Waals surface area contributed by atoms with Gasteiger partial charge in [-0.1, -0.05) is 30.3 Å². The summed E-state index contributed by atoms with van der Waals surface area (Å²) < 4.78 is 5.64. The van der Waals surface area contributed by atoms with E-state index in [4.69, 9.17) is 4.74 Å². The van der Waals surface area contributed by atoms with Crippen molar-refractivity contribution in [2.24, 2.45) is 0 Å². The van der Waals surface area contributed by atoms with Crippen molar-refractivity contribution in [3.63, 3.8) is 0 Å². The molecule has 1 N–H and O–H groups in total. The number of aliphatic hydroxyl groups is 1. The van der Waals surface area contributed by atoms with E-state index in [-0.39, 0.29) is 24.7 Å². The fourth-order valence-corrected chi connectivity index (χ4v) is 2.76. The first-order chi connectivity index (χ1) is 11.5. The SMILES string of the molecule is CC(C)O[C@@H]1CN(C(=O)c2cnc(-c3ccccc3)nc2)C[C@H]1O. The van der Waals surface area contributed by atoms with Gasteiger partial charge in [0.15, 0.2) is 5.82 Å². The largest absolute Gasteiger partial charge is 0.388 e. The number of β-amino-alcohol motifs (C(OH)–C–C–N with tert-alkyl or cyclic N) is 1. The Morgan fingerprint density at radius 2 is 1.88 bits per heavy atom. The standard InChI is InChI=1S/C18H21N3O3/c1-12(2)24-16-11-21(10-15(16)22)18(23)14-8-19-17(20-9-14)13-6-4-3-5-7-13/h3-9,12,15-16,22H,10-11H2,1-2H3/t15-,16-/m1/s1. The minimum atomic E-state index is -0.666. The third-order valence-corrected chi connectivity index (χ3v) is 3.90. The molecule has 1 saturated heterocycles. The molecule has 1 aliphatic rings. The van der Waals surface area contributed by atoms with Gasteiger partial charge >= 0.3 is 0 Å². The fourth-order valence-electron chi connectivity index (χ4n) is 2.76. The van der Waals surface area contributed by atoms with Gasteiger partial charge in [0.25, 0.3) is 5.91 Å². The molecule has 2 atom stereocenters. The van der Waals surface area contributed by atoms with E-state index in [1.165, 1.54) is 12.4 Å². The quantitative estimate of drug-likeness (QED) is 0.926. The van der Waals surface area contributed by atoms with Gasteiger partial charge < -0.3 is 14.7 Å². The van der Waals surface area contributed by atoms with Crippen molar-refractivity contribution in [2.75, 3.05) is 13.1 Å². The second-order valence-corrected chi connectivity index (χ2v) is 6.16. The highest BCUT2D eigenvalue weighted by Crippen LogP contribution is 2.19. The maximum Gasteiger partial charge on any atom is 0.257 e. The van der Waals surface area contributed by atoms with Crippen LogP contribution in [0.5, 0.6) is 0 Å². The van der Waals surface area contributed by atoms with E-state index >= 15 is 0 Å². The summed E-state index contributed by atoms with van der Waals surface area (Å²) in [4.78, 5) is 22.7. The van der Waals surface area contributed by atoms with Crippen molar-refractivity contribution < 1.29 is 14.6 Å². The van der Waals surface area contributed by atoms with Crippen LogP contribution in [-0.4, -0.2) is 57.3 Å². The molecule has 1 aromatic carbocycles. The minimum absolute atomic E-state index is 0.00758. The van der Waals surface area contributed by atoms with Gasteiger partial charge in [0.2, 0.25) is 0 Å². The van der Waals surface area contributed by atoms with E-state index in [9.17, 15) is 9.90 Å². The molecule has 2 heterocycles. The molecule has 0 spiro atoms. The Hall–Kier alpha value is -2.31. The average Bonchev–Trinajstić information content (AvgIpc) is 2.95. The lowest BCUT2D eigenvalue weighted by molar-refractivity contribution is -0.0394. The Kier molecular flexibility index (Phi) is 4.87. The van der Waals surface area contributed by atoms with Crippen molar-refractivity contribution in [3.05, 3.63) is 48.3 Å². The summed E-state index contributed by atoms with van der Waals surface area (Å²) in [6.07, 6.45) is 2.05. The molecule has 24 heavy (non-hydrogen) atoms. The number of benzene rings is 1. The Balaban J connectivity index is 1.70. The second-order valence-electron chi connectivity index (χ2n) is 6.16. The number of hydrogen-bond acceptors (Lipinski definition) is 5. The van der Waals surface area contributed by atoms with E-state index in [0.717, 1.165) is 5.56 Å². The van der Waals surface area contributed by atoms with E-state index in [0.29, 0.717) is 17.9 Å². The van der Waals surface area contributed by atoms with Crippen molar-refractivity contribution in [1.82, 2.24) is 14.9 Å². The lowest BCUT2D eigenvalue weighted by atomic mass is 10.2. The Morgan fingerprint density at radius 1 is 1.21 bits per heavy atom. The number of aromatic nitrogens is 2. The number of nitrogens with zero attached hydrogens (tertiary/aromatic N) is 3. The molecule has 0 saturated carbocycles. The van der Waals surface area contributed by atoms with Gasteiger partial charge in [0.1, 0.15) is 6.10 Å². The van der Waals surface area contributed by atoms with Gasteiger partial charge in [-0.2, -0.15) is 0 Å². The molecule has 2 aromatic rings. The van der Waals surface area contributed by atoms with Crippen LogP contribution >= 0.6 is 0 Å². The number of amides is 1. The summed E-state index contributed by atoms with van der Waals surface area (Å²) in [5.41, 5.74) is 1.31. The van der Waals surface area contributed by atoms with Gasteiger partial charge in [0.05, 0.1) is 17.8 Å². The third kappa shape index (κ3) is 3.60. The van der Waals surface area contributed by atoms with Crippen LogP contribution < -0.4 is 0 Å². The maximum absolute atomic E-state index is 12.6. The predicted molar refractivity (Wildman–Crippen MR) is 89.4 cm³/mol. The topological polar surface area (TPSA) is 75.5 Å². The fraction of sp³-hybridized carbons (Fsp3) is 0.389. The van der Waals surface area contributed by atoms with Crippen molar-refractivity contribution in [2.45, 2.75) is 32.2 Å². The Bertz CT molecular complexity index is 688. The molecule has 1 fully saturated rings. The lowest BCUT2D eigenvalue weighted by Gasteiger charge is -2.18. The van der Waals surface area contributed by atoms with E-state index < -0.39 is 6.10 Å². The van der Waals surface area contributed by atoms with Gasteiger partial charge in [-0.3, -0.25) is 4.79 Å². The van der Waals surface area contributed by atoms with Crippen molar-refractivity contribution in [1.29, 1.82) is 0 Å². The number of aliphatic hydroxyl groups excluding tert-OH is 1. The third-order valence-electron chi connectivity index (χ3n) is 3.90. The first-order valence-corrected chi connectivity index (χ1v) is 8.05. The molecule has 0 bridgehead atoms. The minimum Gasteiger partial charge on any atom is -0.388 e. The van der Waals surface area contributed by atoms with E-state index in [1.807, 2.05) is 44.2 Å². The zero-order valence-corrected chi connectivity index (χ0v) is 13.8. The van der Waals surface area contributed by atoms with Crippen LogP contribution in [0.15, 0.2) is 42.7 Å². The van der Waals surface area contributed by atoms with Gasteiger partial charge in [-0.15, -0.1) is 0 Å². The number of carbonyl (C=O) groups excluding carboxylic acids is 1. The number of likely N-dealkylation sites (tertiary alicyclic amines) is 1. The Labute approximate surface area is 141 Å².